The van der Waals surface area contributed by atoms with Crippen LogP contribution in [0.25, 0.3) is 0 Å². The molecule has 2 heterocycles. The van der Waals surface area contributed by atoms with Crippen LogP contribution in [-0.4, -0.2) is 26.2 Å². The van der Waals surface area contributed by atoms with Crippen LogP contribution in [0.4, 0.5) is 49.1 Å². The summed E-state index contributed by atoms with van der Waals surface area (Å²) in [6.45, 7) is 41.7. The average Bonchev–Trinajstić information content (AvgIpc) is 4.09. The predicted molar refractivity (Wildman–Crippen MR) is 334 cm³/mol. The third-order valence-corrected chi connectivity index (χ3v) is 12.7. The van der Waals surface area contributed by atoms with Crippen molar-refractivity contribution < 1.29 is 90.2 Å². The molecule has 2 radical (unpaired) electrons. The van der Waals surface area contributed by atoms with Gasteiger partial charge < -0.3 is 77.2 Å². The molecule has 0 fully saturated rings. The topological polar surface area (TPSA) is 65.6 Å². The molecule has 0 unspecified atom stereocenters. The van der Waals surface area contributed by atoms with Crippen LogP contribution >= 0.6 is 0 Å². The Labute approximate surface area is 535 Å². The van der Waals surface area contributed by atoms with Crippen molar-refractivity contribution in [1.82, 2.24) is 0 Å². The van der Waals surface area contributed by atoms with Crippen molar-refractivity contribution in [2.75, 3.05) is 33.8 Å². The molecule has 84 heavy (non-hydrogen) atoms. The summed E-state index contributed by atoms with van der Waals surface area (Å²) in [5.74, 6) is 3.29. The molecule has 0 aliphatic carbocycles. The van der Waals surface area contributed by atoms with Gasteiger partial charge in [0.25, 0.3) is 0 Å². The Morgan fingerprint density at radius 1 is 0.452 bits per heavy atom. The molecule has 16 heteroatoms. The molecule has 0 saturated heterocycles. The van der Waals surface area contributed by atoms with E-state index in [1.807, 2.05) is 0 Å². The van der Waals surface area contributed by atoms with Crippen molar-refractivity contribution in [3.63, 3.8) is 0 Å². The zero-order chi connectivity index (χ0) is 61.1. The van der Waals surface area contributed by atoms with E-state index in [1.54, 1.807) is 0 Å². The fourth-order valence-corrected chi connectivity index (χ4v) is 8.89. The molecule has 4 aromatic carbocycles. The predicted octanol–water partition coefficient (Wildman–Crippen LogP) is 21.1. The summed E-state index contributed by atoms with van der Waals surface area (Å²) in [6, 6.07) is 27.0. The number of benzene rings is 4. The van der Waals surface area contributed by atoms with Crippen LogP contribution in [0.3, 0.4) is 0 Å². The Morgan fingerprint density at radius 2 is 0.643 bits per heavy atom. The summed E-state index contributed by atoms with van der Waals surface area (Å²) in [5, 5.41) is 0. The number of methoxy groups -OCH3 is 2. The number of carbonyl (C=O) groups is 2. The quantitative estimate of drug-likeness (QED) is 0.0384. The maximum absolute atomic E-state index is 10.1. The van der Waals surface area contributed by atoms with Crippen molar-refractivity contribution in [2.24, 2.45) is 0 Å². The minimum atomic E-state index is -3.08. The van der Waals surface area contributed by atoms with E-state index in [0.29, 0.717) is 60.2 Å². The molecule has 0 spiro atoms. The number of hydrogen-bond donors (Lipinski definition) is 0. The van der Waals surface area contributed by atoms with E-state index in [1.165, 1.54) is 93.6 Å². The molecule has 0 aromatic heterocycles. The summed E-state index contributed by atoms with van der Waals surface area (Å²) in [5.41, 5.74) is 16.6. The number of hydrogen-bond acceptors (Lipinski definition) is 8. The number of esters is 2. The van der Waals surface area contributed by atoms with Gasteiger partial charge in [0.2, 0.25) is 5.97 Å². The molecule has 2 aliphatic rings. The van der Waals surface area contributed by atoms with E-state index in [4.69, 9.17) is 0 Å². The Kier molecular flexibility index (Phi) is 44.6. The van der Waals surface area contributed by atoms with Crippen LogP contribution in [0.15, 0.2) is 110 Å². The van der Waals surface area contributed by atoms with Gasteiger partial charge in [0.05, 0.1) is 14.2 Å². The molecule has 0 bridgehead atoms. The standard InChI is InChI=1S/2C27H37N2.C5H9O2.C5H7O2.2CF3.2CH3.2Au/c2*1-18(2)22-11-9-12-23(19(3)4)26(22)28-15-16-29(17-28)27-24(20(5)6)13-10-14-25(27)21(7)8;2*1-3-4-5(6)7-2;2*2-1(3)4;;;;/h2*9-21H,1-8H3;1,3-4H2,2H3;3-4H,1H2,2H3;;;2*1H3;;/q8*-1;;/b;;;4-3+;;;;;;. The van der Waals surface area contributed by atoms with Crippen LogP contribution in [0, 0.1) is 55.4 Å². The average molecular weight is 1540 g/mol. The van der Waals surface area contributed by atoms with Crippen LogP contribution < -0.4 is 19.6 Å². The van der Waals surface area contributed by atoms with Gasteiger partial charge in [-0.15, -0.1) is 19.4 Å². The molecule has 2 aliphatic heterocycles. The van der Waals surface area contributed by atoms with Crippen molar-refractivity contribution in [2.45, 2.75) is 171 Å². The first-order chi connectivity index (χ1) is 37.5. The number of carbonyl (C=O) groups excluding carboxylic acids is 2. The minimum Gasteiger partial charge on any atom is -0.479 e. The largest absolute Gasteiger partial charge is 0.479 e. The van der Waals surface area contributed by atoms with Gasteiger partial charge in [-0.1, -0.05) is 184 Å². The van der Waals surface area contributed by atoms with Gasteiger partial charge in [0.1, 0.15) is 0 Å². The fraction of sp³-hybridized carbons (Fsp3) is 0.412. The second-order valence-electron chi connectivity index (χ2n) is 21.4. The van der Waals surface area contributed by atoms with Crippen LogP contribution in [0.5, 0.6) is 0 Å². The third kappa shape index (κ3) is 27.7. The van der Waals surface area contributed by atoms with Crippen molar-refractivity contribution >= 4 is 34.7 Å². The molecule has 484 valence electrons. The van der Waals surface area contributed by atoms with Crippen molar-refractivity contribution in [3.8, 4) is 0 Å². The number of allylic oxidation sites excluding steroid dienone is 1. The summed E-state index contributed by atoms with van der Waals surface area (Å²) < 4.78 is 66.0. The Hall–Kier alpha value is -4.83. The SMILES string of the molecule is CC(C)c1cccc(C(C)C)c1N1C=CN(c2c(C(C)C)cccc2C(C)C)[CH-]1.CC(C)c1cccc(C(C)C)c1N1C=CN(c2c(C(C)C)cccc2C(C)C)[CH-]1.F[C-](F)F.F[C-](F)F.[Au].[Au].[CH2-]/C=C/C(=O)OC.[CH2-]CCC(=O)OC.[CH3-].[CH3-]. The van der Waals surface area contributed by atoms with Gasteiger partial charge in [-0.3, -0.25) is 9.59 Å². The van der Waals surface area contributed by atoms with Gasteiger partial charge in [-0.25, -0.2) is 13.0 Å². The zero-order valence-electron chi connectivity index (χ0n) is 53.3. The summed E-state index contributed by atoms with van der Waals surface area (Å²) >= 11 is 0. The number of ether oxygens (including phenoxy) is 2. The van der Waals surface area contributed by atoms with E-state index in [9.17, 15) is 35.9 Å². The van der Waals surface area contributed by atoms with Gasteiger partial charge in [0, 0.05) is 73.9 Å². The molecule has 6 rings (SSSR count). The molecular formula is C68H96Au2F6N4O4-8. The Bertz CT molecular complexity index is 2160. The zero-order valence-corrected chi connectivity index (χ0v) is 57.6. The molecule has 0 atom stereocenters. The van der Waals surface area contributed by atoms with E-state index in [-0.39, 0.29) is 71.6 Å². The first-order valence-electron chi connectivity index (χ1n) is 27.3. The van der Waals surface area contributed by atoms with Crippen LogP contribution in [0.2, 0.25) is 0 Å². The Balaban J connectivity index is -0.000000543. The number of anilines is 4. The smallest absolute Gasteiger partial charge is 0.302 e. The van der Waals surface area contributed by atoms with E-state index in [2.05, 4.69) is 265 Å². The van der Waals surface area contributed by atoms with Crippen molar-refractivity contribution in [1.29, 1.82) is 0 Å². The molecule has 4 aromatic rings. The second kappa shape index (κ2) is 43.7. The van der Waals surface area contributed by atoms with E-state index >= 15 is 0 Å². The molecule has 0 amide bonds. The molecule has 0 saturated carbocycles. The normalized spacial score (nSPS) is 12.2. The molecular weight excluding hydrogens is 1440 g/mol. The number of para-hydroxylation sites is 4. The number of nitrogens with zero attached hydrogens (tertiary/aromatic N) is 4. The maximum Gasteiger partial charge on any atom is 0.302 e. The summed E-state index contributed by atoms with van der Waals surface area (Å²) in [6.07, 6.45) is 12.5. The first kappa shape index (κ1) is 85.6. The van der Waals surface area contributed by atoms with Crippen molar-refractivity contribution in [3.05, 3.63) is 210 Å². The van der Waals surface area contributed by atoms with Crippen LogP contribution in [-0.2, 0) is 63.8 Å². The maximum atomic E-state index is 10.1. The number of rotatable bonds is 15. The minimum absolute atomic E-state index is 0. The van der Waals surface area contributed by atoms with E-state index in [0.717, 1.165) is 0 Å². The second-order valence-corrected chi connectivity index (χ2v) is 21.4. The van der Waals surface area contributed by atoms with Crippen LogP contribution in [0.1, 0.15) is 215 Å². The molecule has 0 N–H and O–H groups in total. The van der Waals surface area contributed by atoms with Gasteiger partial charge >= 0.3 is 5.97 Å². The monoisotopic (exact) mass is 1540 g/mol. The van der Waals surface area contributed by atoms with E-state index < -0.39 is 13.4 Å². The third-order valence-electron chi connectivity index (χ3n) is 12.7. The fourth-order valence-electron chi connectivity index (χ4n) is 8.89. The summed E-state index contributed by atoms with van der Waals surface area (Å²) in [7, 11) is 2.69. The van der Waals surface area contributed by atoms with Gasteiger partial charge in [-0.2, -0.15) is 6.42 Å². The number of halogens is 6. The summed E-state index contributed by atoms with van der Waals surface area (Å²) in [4.78, 5) is 29.5. The Morgan fingerprint density at radius 3 is 0.750 bits per heavy atom. The first-order valence-corrected chi connectivity index (χ1v) is 27.3. The van der Waals surface area contributed by atoms with Gasteiger partial charge in [0.15, 0.2) is 13.4 Å². The van der Waals surface area contributed by atoms with Gasteiger partial charge in [-0.05, 0) is 117 Å². The molecule has 8 nitrogen and oxygen atoms in total.